The lowest BCUT2D eigenvalue weighted by atomic mass is 10.1. The van der Waals surface area contributed by atoms with Gasteiger partial charge in [0.25, 0.3) is 0 Å². The quantitative estimate of drug-likeness (QED) is 0.927. The SMILES string of the molecule is OCC1(c2nc(-c3ccc(F)c(F)c3)cs2)CC1. The molecule has 2 aromatic rings. The summed E-state index contributed by atoms with van der Waals surface area (Å²) in [5.74, 6) is -1.73. The molecule has 0 amide bonds. The molecule has 0 atom stereocenters. The van der Waals surface area contributed by atoms with Gasteiger partial charge in [0.15, 0.2) is 11.6 Å². The number of hydrogen-bond donors (Lipinski definition) is 1. The smallest absolute Gasteiger partial charge is 0.159 e. The Kier molecular flexibility index (Phi) is 2.68. The molecule has 0 saturated heterocycles. The van der Waals surface area contributed by atoms with Crippen molar-refractivity contribution in [2.45, 2.75) is 18.3 Å². The van der Waals surface area contributed by atoms with Crippen LogP contribution in [0.15, 0.2) is 23.6 Å². The summed E-state index contributed by atoms with van der Waals surface area (Å²) in [4.78, 5) is 4.43. The summed E-state index contributed by atoms with van der Waals surface area (Å²) >= 11 is 1.46. The summed E-state index contributed by atoms with van der Waals surface area (Å²) in [5, 5.41) is 12.0. The van der Waals surface area contributed by atoms with Gasteiger partial charge in [-0.1, -0.05) is 0 Å². The molecule has 0 bridgehead atoms. The van der Waals surface area contributed by atoms with Gasteiger partial charge in [0, 0.05) is 16.4 Å². The monoisotopic (exact) mass is 267 g/mol. The van der Waals surface area contributed by atoms with Crippen molar-refractivity contribution >= 4 is 11.3 Å². The summed E-state index contributed by atoms with van der Waals surface area (Å²) in [6, 6.07) is 3.76. The number of aromatic nitrogens is 1. The molecule has 94 valence electrons. The molecule has 0 unspecified atom stereocenters. The van der Waals surface area contributed by atoms with Crippen molar-refractivity contribution in [2.24, 2.45) is 0 Å². The first-order valence-electron chi connectivity index (χ1n) is 5.67. The predicted octanol–water partition coefficient (Wildman–Crippen LogP) is 3.11. The number of hydrogen-bond acceptors (Lipinski definition) is 3. The molecule has 1 fully saturated rings. The Hall–Kier alpha value is -1.33. The average Bonchev–Trinajstić information content (AvgIpc) is 3.02. The molecule has 0 radical (unpaired) electrons. The van der Waals surface area contributed by atoms with E-state index in [9.17, 15) is 13.9 Å². The first-order chi connectivity index (χ1) is 8.64. The zero-order valence-corrected chi connectivity index (χ0v) is 10.3. The molecule has 1 aromatic heterocycles. The topological polar surface area (TPSA) is 33.1 Å². The second-order valence-corrected chi connectivity index (χ2v) is 5.46. The minimum absolute atomic E-state index is 0.0950. The molecule has 1 aliphatic rings. The maximum Gasteiger partial charge on any atom is 0.159 e. The van der Waals surface area contributed by atoms with Crippen LogP contribution in [0.3, 0.4) is 0 Å². The van der Waals surface area contributed by atoms with Crippen molar-refractivity contribution in [1.82, 2.24) is 4.98 Å². The molecule has 1 heterocycles. The Labute approximate surface area is 107 Å². The van der Waals surface area contributed by atoms with Crippen molar-refractivity contribution in [3.8, 4) is 11.3 Å². The lowest BCUT2D eigenvalue weighted by Gasteiger charge is -2.05. The number of aliphatic hydroxyl groups excluding tert-OH is 1. The van der Waals surface area contributed by atoms with Gasteiger partial charge in [-0.25, -0.2) is 13.8 Å². The molecule has 2 nitrogen and oxygen atoms in total. The second kappa shape index (κ2) is 4.10. The van der Waals surface area contributed by atoms with Crippen LogP contribution in [0, 0.1) is 11.6 Å². The van der Waals surface area contributed by atoms with Gasteiger partial charge in [-0.15, -0.1) is 11.3 Å². The van der Waals surface area contributed by atoms with E-state index in [1.807, 2.05) is 5.38 Å². The number of thiazole rings is 1. The average molecular weight is 267 g/mol. The summed E-state index contributed by atoms with van der Waals surface area (Å²) in [6.45, 7) is 0.0950. The first kappa shape index (κ1) is 11.7. The van der Waals surface area contributed by atoms with E-state index in [4.69, 9.17) is 0 Å². The van der Waals surface area contributed by atoms with Crippen LogP contribution in [0.1, 0.15) is 17.8 Å². The van der Waals surface area contributed by atoms with Crippen LogP contribution in [0.2, 0.25) is 0 Å². The Morgan fingerprint density at radius 3 is 2.67 bits per heavy atom. The van der Waals surface area contributed by atoms with Gasteiger partial charge < -0.3 is 5.11 Å². The van der Waals surface area contributed by atoms with E-state index in [2.05, 4.69) is 4.98 Å². The highest BCUT2D eigenvalue weighted by molar-refractivity contribution is 7.10. The number of halogens is 2. The zero-order chi connectivity index (χ0) is 12.8. The third-order valence-electron chi connectivity index (χ3n) is 3.33. The van der Waals surface area contributed by atoms with E-state index in [0.717, 1.165) is 30.0 Å². The van der Waals surface area contributed by atoms with Crippen molar-refractivity contribution in [3.63, 3.8) is 0 Å². The van der Waals surface area contributed by atoms with E-state index in [1.54, 1.807) is 0 Å². The minimum atomic E-state index is -0.870. The molecule has 0 spiro atoms. The van der Waals surface area contributed by atoms with Gasteiger partial charge in [0.05, 0.1) is 12.3 Å². The van der Waals surface area contributed by atoms with Gasteiger partial charge >= 0.3 is 0 Å². The van der Waals surface area contributed by atoms with Crippen LogP contribution in [0.4, 0.5) is 8.78 Å². The highest BCUT2D eigenvalue weighted by atomic mass is 32.1. The first-order valence-corrected chi connectivity index (χ1v) is 6.55. The predicted molar refractivity (Wildman–Crippen MR) is 65.5 cm³/mol. The number of aliphatic hydroxyl groups is 1. The summed E-state index contributed by atoms with van der Waals surface area (Å²) in [6.07, 6.45) is 1.88. The molecule has 1 aromatic carbocycles. The van der Waals surface area contributed by atoms with Crippen molar-refractivity contribution in [3.05, 3.63) is 40.2 Å². The molecular formula is C13H11F2NOS. The van der Waals surface area contributed by atoms with Gasteiger partial charge in [0.1, 0.15) is 5.01 Å². The van der Waals surface area contributed by atoms with Crippen molar-refractivity contribution in [1.29, 1.82) is 0 Å². The molecule has 3 rings (SSSR count). The zero-order valence-electron chi connectivity index (χ0n) is 9.49. The van der Waals surface area contributed by atoms with Crippen LogP contribution in [0.25, 0.3) is 11.3 Å². The molecule has 5 heteroatoms. The normalized spacial score (nSPS) is 16.8. The number of rotatable bonds is 3. The van der Waals surface area contributed by atoms with Crippen LogP contribution < -0.4 is 0 Å². The Morgan fingerprint density at radius 1 is 1.28 bits per heavy atom. The fourth-order valence-corrected chi connectivity index (χ4v) is 2.98. The fraction of sp³-hybridized carbons (Fsp3) is 0.308. The number of nitrogens with zero attached hydrogens (tertiary/aromatic N) is 1. The molecule has 18 heavy (non-hydrogen) atoms. The summed E-state index contributed by atoms with van der Waals surface area (Å²) in [7, 11) is 0. The van der Waals surface area contributed by atoms with Crippen LogP contribution in [-0.2, 0) is 5.41 Å². The fourth-order valence-electron chi connectivity index (χ4n) is 1.90. The molecule has 1 saturated carbocycles. The molecule has 0 aliphatic heterocycles. The van der Waals surface area contributed by atoms with Crippen molar-refractivity contribution in [2.75, 3.05) is 6.61 Å². The standard InChI is InChI=1S/C13H11F2NOS/c14-9-2-1-8(5-10(9)15)11-6-18-12(16-11)13(7-17)3-4-13/h1-2,5-6,17H,3-4,7H2. The van der Waals surface area contributed by atoms with Gasteiger partial charge in [-0.05, 0) is 31.0 Å². The summed E-state index contributed by atoms with van der Waals surface area (Å²) < 4.78 is 26.0. The van der Waals surface area contributed by atoms with Gasteiger partial charge in [-0.3, -0.25) is 0 Å². The van der Waals surface area contributed by atoms with E-state index in [-0.39, 0.29) is 12.0 Å². The molecule has 1 aliphatic carbocycles. The van der Waals surface area contributed by atoms with Gasteiger partial charge in [0.2, 0.25) is 0 Å². The van der Waals surface area contributed by atoms with E-state index in [0.29, 0.717) is 11.3 Å². The van der Waals surface area contributed by atoms with E-state index in [1.165, 1.54) is 17.4 Å². The minimum Gasteiger partial charge on any atom is -0.395 e. The highest BCUT2D eigenvalue weighted by Crippen LogP contribution is 2.49. The van der Waals surface area contributed by atoms with E-state index < -0.39 is 11.6 Å². The Bertz CT molecular complexity index is 592. The van der Waals surface area contributed by atoms with Gasteiger partial charge in [-0.2, -0.15) is 0 Å². The Morgan fingerprint density at radius 2 is 2.06 bits per heavy atom. The Balaban J connectivity index is 1.95. The number of benzene rings is 1. The lowest BCUT2D eigenvalue weighted by molar-refractivity contribution is 0.255. The highest BCUT2D eigenvalue weighted by Gasteiger charge is 2.46. The second-order valence-electron chi connectivity index (χ2n) is 4.61. The van der Waals surface area contributed by atoms with E-state index >= 15 is 0 Å². The summed E-state index contributed by atoms with van der Waals surface area (Å²) in [5.41, 5.74) is 1.01. The third kappa shape index (κ3) is 1.83. The molecule has 1 N–H and O–H groups in total. The lowest BCUT2D eigenvalue weighted by Crippen LogP contribution is -2.11. The molecular weight excluding hydrogens is 256 g/mol. The van der Waals surface area contributed by atoms with Crippen LogP contribution in [-0.4, -0.2) is 16.7 Å². The maximum absolute atomic E-state index is 13.1. The third-order valence-corrected chi connectivity index (χ3v) is 4.42. The van der Waals surface area contributed by atoms with Crippen LogP contribution >= 0.6 is 11.3 Å². The largest absolute Gasteiger partial charge is 0.395 e. The van der Waals surface area contributed by atoms with Crippen LogP contribution in [0.5, 0.6) is 0 Å². The maximum atomic E-state index is 13.1. The van der Waals surface area contributed by atoms with Crippen molar-refractivity contribution < 1.29 is 13.9 Å².